The van der Waals surface area contributed by atoms with Crippen LogP contribution >= 0.6 is 27.5 Å². The SMILES string of the molecule is NC(=O)c1ncc(Br)cc1CCl. The maximum atomic E-state index is 10.8. The summed E-state index contributed by atoms with van der Waals surface area (Å²) in [6.07, 6.45) is 1.51. The van der Waals surface area contributed by atoms with Gasteiger partial charge in [0.25, 0.3) is 5.91 Å². The minimum atomic E-state index is -0.557. The molecule has 0 saturated carbocycles. The van der Waals surface area contributed by atoms with Crippen LogP contribution in [-0.4, -0.2) is 10.9 Å². The molecule has 1 rings (SSSR count). The lowest BCUT2D eigenvalue weighted by Crippen LogP contribution is -2.15. The van der Waals surface area contributed by atoms with Gasteiger partial charge >= 0.3 is 0 Å². The highest BCUT2D eigenvalue weighted by molar-refractivity contribution is 9.10. The third-order valence-electron chi connectivity index (χ3n) is 1.31. The molecule has 12 heavy (non-hydrogen) atoms. The van der Waals surface area contributed by atoms with Crippen LogP contribution in [0.15, 0.2) is 16.7 Å². The van der Waals surface area contributed by atoms with Crippen molar-refractivity contribution in [1.29, 1.82) is 0 Å². The van der Waals surface area contributed by atoms with Crippen molar-refractivity contribution in [2.24, 2.45) is 5.73 Å². The number of aromatic nitrogens is 1. The number of hydrogen-bond donors (Lipinski definition) is 1. The number of carbonyl (C=O) groups excluding carboxylic acids is 1. The van der Waals surface area contributed by atoms with Gasteiger partial charge in [0.1, 0.15) is 5.69 Å². The first kappa shape index (κ1) is 9.48. The van der Waals surface area contributed by atoms with Gasteiger partial charge in [0.2, 0.25) is 0 Å². The van der Waals surface area contributed by atoms with E-state index in [0.717, 1.165) is 4.47 Å². The van der Waals surface area contributed by atoms with Gasteiger partial charge in [-0.3, -0.25) is 4.79 Å². The van der Waals surface area contributed by atoms with Crippen LogP contribution in [0.25, 0.3) is 0 Å². The molecule has 0 spiro atoms. The van der Waals surface area contributed by atoms with Gasteiger partial charge in [-0.25, -0.2) is 4.98 Å². The molecule has 64 valence electrons. The van der Waals surface area contributed by atoms with Gasteiger partial charge in [-0.15, -0.1) is 11.6 Å². The Kier molecular flexibility index (Phi) is 3.05. The number of primary amides is 1. The molecule has 1 heterocycles. The van der Waals surface area contributed by atoms with Gasteiger partial charge in [-0.05, 0) is 27.6 Å². The maximum Gasteiger partial charge on any atom is 0.267 e. The molecular formula is C7H6BrClN2O. The standard InChI is InChI=1S/C7H6BrClN2O/c8-5-1-4(2-9)6(7(10)12)11-3-5/h1,3H,2H2,(H2,10,12). The molecule has 0 aromatic carbocycles. The van der Waals surface area contributed by atoms with Crippen molar-refractivity contribution < 1.29 is 4.79 Å². The smallest absolute Gasteiger partial charge is 0.267 e. The number of alkyl halides is 1. The first-order chi connectivity index (χ1) is 5.65. The quantitative estimate of drug-likeness (QED) is 0.811. The van der Waals surface area contributed by atoms with Crippen molar-refractivity contribution >= 4 is 33.4 Å². The monoisotopic (exact) mass is 248 g/mol. The third-order valence-corrected chi connectivity index (χ3v) is 2.03. The van der Waals surface area contributed by atoms with E-state index in [4.69, 9.17) is 17.3 Å². The summed E-state index contributed by atoms with van der Waals surface area (Å²) >= 11 is 8.79. The van der Waals surface area contributed by atoms with Crippen molar-refractivity contribution in [3.8, 4) is 0 Å². The van der Waals surface area contributed by atoms with Gasteiger partial charge in [0.15, 0.2) is 0 Å². The number of nitrogens with zero attached hydrogens (tertiary/aromatic N) is 1. The zero-order valence-corrected chi connectivity index (χ0v) is 8.39. The summed E-state index contributed by atoms with van der Waals surface area (Å²) in [5.74, 6) is -0.330. The Morgan fingerprint density at radius 3 is 2.92 bits per heavy atom. The van der Waals surface area contributed by atoms with Gasteiger partial charge in [0.05, 0.1) is 0 Å². The molecule has 0 aliphatic carbocycles. The average Bonchev–Trinajstić information content (AvgIpc) is 2.03. The van der Waals surface area contributed by atoms with Gasteiger partial charge in [0, 0.05) is 16.5 Å². The van der Waals surface area contributed by atoms with Crippen molar-refractivity contribution in [3.05, 3.63) is 28.0 Å². The Hall–Kier alpha value is -0.610. The van der Waals surface area contributed by atoms with E-state index in [-0.39, 0.29) is 11.6 Å². The van der Waals surface area contributed by atoms with E-state index in [1.165, 1.54) is 6.20 Å². The molecule has 0 fully saturated rings. The minimum Gasteiger partial charge on any atom is -0.364 e. The predicted molar refractivity (Wildman–Crippen MR) is 50.0 cm³/mol. The van der Waals surface area contributed by atoms with Crippen LogP contribution in [0, 0.1) is 0 Å². The zero-order valence-electron chi connectivity index (χ0n) is 6.05. The summed E-state index contributed by atoms with van der Waals surface area (Å²) < 4.78 is 0.781. The Morgan fingerprint density at radius 2 is 2.42 bits per heavy atom. The van der Waals surface area contributed by atoms with Crippen LogP contribution in [0.5, 0.6) is 0 Å². The Balaban J connectivity index is 3.20. The van der Waals surface area contributed by atoms with Crippen molar-refractivity contribution in [1.82, 2.24) is 4.98 Å². The molecule has 5 heteroatoms. The van der Waals surface area contributed by atoms with E-state index in [1.807, 2.05) is 0 Å². The molecule has 0 atom stereocenters. The topological polar surface area (TPSA) is 56.0 Å². The summed E-state index contributed by atoms with van der Waals surface area (Å²) in [6, 6.07) is 1.72. The number of hydrogen-bond acceptors (Lipinski definition) is 2. The van der Waals surface area contributed by atoms with E-state index in [1.54, 1.807) is 6.07 Å². The fourth-order valence-corrected chi connectivity index (χ4v) is 1.39. The minimum absolute atomic E-state index is 0.227. The predicted octanol–water partition coefficient (Wildman–Crippen LogP) is 1.68. The van der Waals surface area contributed by atoms with Gasteiger partial charge in [-0.1, -0.05) is 0 Å². The first-order valence-electron chi connectivity index (χ1n) is 3.15. The molecule has 0 bridgehead atoms. The third kappa shape index (κ3) is 1.95. The number of halogens is 2. The van der Waals surface area contributed by atoms with Crippen molar-refractivity contribution in [2.75, 3.05) is 0 Å². The summed E-state index contributed by atoms with van der Waals surface area (Å²) in [7, 11) is 0. The summed E-state index contributed by atoms with van der Waals surface area (Å²) in [5.41, 5.74) is 5.93. The fraction of sp³-hybridized carbons (Fsp3) is 0.143. The number of rotatable bonds is 2. The van der Waals surface area contributed by atoms with E-state index in [9.17, 15) is 4.79 Å². The van der Waals surface area contributed by atoms with E-state index in [2.05, 4.69) is 20.9 Å². The molecule has 0 aliphatic heterocycles. The van der Waals surface area contributed by atoms with Crippen LogP contribution in [0.4, 0.5) is 0 Å². The highest BCUT2D eigenvalue weighted by atomic mass is 79.9. The lowest BCUT2D eigenvalue weighted by atomic mass is 10.2. The van der Waals surface area contributed by atoms with Crippen LogP contribution in [0.2, 0.25) is 0 Å². The fourth-order valence-electron chi connectivity index (χ4n) is 0.805. The normalized spacial score (nSPS) is 9.83. The summed E-state index contributed by atoms with van der Waals surface area (Å²) in [5, 5.41) is 0. The second-order valence-corrected chi connectivity index (χ2v) is 3.34. The molecule has 0 aliphatic rings. The molecule has 0 radical (unpaired) electrons. The van der Waals surface area contributed by atoms with Gasteiger partial charge in [-0.2, -0.15) is 0 Å². The van der Waals surface area contributed by atoms with Crippen LogP contribution in [0.3, 0.4) is 0 Å². The van der Waals surface area contributed by atoms with E-state index in [0.29, 0.717) is 5.56 Å². The summed E-state index contributed by atoms with van der Waals surface area (Å²) in [4.78, 5) is 14.6. The molecule has 0 saturated heterocycles. The molecule has 1 amide bonds. The maximum absolute atomic E-state index is 10.8. The van der Waals surface area contributed by atoms with E-state index < -0.39 is 5.91 Å². The molecule has 3 nitrogen and oxygen atoms in total. The number of amides is 1. The highest BCUT2D eigenvalue weighted by Gasteiger charge is 2.08. The number of nitrogens with two attached hydrogens (primary N) is 1. The van der Waals surface area contributed by atoms with Gasteiger partial charge < -0.3 is 5.73 Å². The molecular weight excluding hydrogens is 243 g/mol. The lowest BCUT2D eigenvalue weighted by molar-refractivity contribution is 0.0995. The lowest BCUT2D eigenvalue weighted by Gasteiger charge is -2.01. The second-order valence-electron chi connectivity index (χ2n) is 2.16. The molecule has 1 aromatic heterocycles. The summed E-state index contributed by atoms with van der Waals surface area (Å²) in [6.45, 7) is 0. The molecule has 2 N–H and O–H groups in total. The highest BCUT2D eigenvalue weighted by Crippen LogP contribution is 2.15. The molecule has 0 unspecified atom stereocenters. The van der Waals surface area contributed by atoms with E-state index >= 15 is 0 Å². The Bertz CT molecular complexity index is 316. The first-order valence-corrected chi connectivity index (χ1v) is 4.48. The molecule has 1 aromatic rings. The van der Waals surface area contributed by atoms with Crippen molar-refractivity contribution in [2.45, 2.75) is 5.88 Å². The number of carbonyl (C=O) groups is 1. The van der Waals surface area contributed by atoms with Crippen LogP contribution in [0.1, 0.15) is 16.1 Å². The van der Waals surface area contributed by atoms with Crippen molar-refractivity contribution in [3.63, 3.8) is 0 Å². The zero-order chi connectivity index (χ0) is 9.14. The largest absolute Gasteiger partial charge is 0.364 e. The van der Waals surface area contributed by atoms with Crippen LogP contribution < -0.4 is 5.73 Å². The number of pyridine rings is 1. The Labute approximate surface area is 83.1 Å². The average molecular weight is 249 g/mol. The Morgan fingerprint density at radius 1 is 1.75 bits per heavy atom. The second kappa shape index (κ2) is 3.87. The van der Waals surface area contributed by atoms with Crippen LogP contribution in [-0.2, 0) is 5.88 Å².